The second-order valence-corrected chi connectivity index (χ2v) is 4.83. The molecule has 0 aliphatic carbocycles. The van der Waals surface area contributed by atoms with Crippen molar-refractivity contribution in [2.24, 2.45) is 0 Å². The average molecular weight is 245 g/mol. The van der Waals surface area contributed by atoms with Gasteiger partial charge in [-0.3, -0.25) is 14.9 Å². The molecule has 0 rings (SSSR count). The van der Waals surface area contributed by atoms with E-state index in [9.17, 15) is 9.59 Å². The Bertz CT molecular complexity index is 258. The monoisotopic (exact) mass is 245 g/mol. The summed E-state index contributed by atoms with van der Waals surface area (Å²) in [6.07, 6.45) is 1.46. The summed E-state index contributed by atoms with van der Waals surface area (Å²) in [7, 11) is 1.31. The van der Waals surface area contributed by atoms with Crippen molar-refractivity contribution in [1.82, 2.24) is 5.32 Å². The molecule has 0 fully saturated rings. The SMILES string of the molecule is CCCC(NCC(=O)OC)C(=O)OC(C)(C)C. The van der Waals surface area contributed by atoms with Crippen LogP contribution in [-0.2, 0) is 19.1 Å². The molecule has 0 aromatic carbocycles. The zero-order valence-corrected chi connectivity index (χ0v) is 11.3. The maximum atomic E-state index is 11.8. The Morgan fingerprint density at radius 3 is 2.29 bits per heavy atom. The third-order valence-corrected chi connectivity index (χ3v) is 1.99. The van der Waals surface area contributed by atoms with Gasteiger partial charge in [0.15, 0.2) is 0 Å². The molecule has 0 saturated heterocycles. The second kappa shape index (κ2) is 7.27. The fraction of sp³-hybridized carbons (Fsp3) is 0.833. The van der Waals surface area contributed by atoms with Crippen LogP contribution >= 0.6 is 0 Å². The molecule has 5 heteroatoms. The van der Waals surface area contributed by atoms with E-state index in [0.29, 0.717) is 6.42 Å². The first-order valence-electron chi connectivity index (χ1n) is 5.83. The number of ether oxygens (including phenoxy) is 2. The molecule has 0 aliphatic heterocycles. The van der Waals surface area contributed by atoms with Crippen molar-refractivity contribution in [3.63, 3.8) is 0 Å². The molecule has 0 bridgehead atoms. The lowest BCUT2D eigenvalue weighted by molar-refractivity contribution is -0.157. The molecule has 5 nitrogen and oxygen atoms in total. The van der Waals surface area contributed by atoms with Gasteiger partial charge in [-0.25, -0.2) is 0 Å². The van der Waals surface area contributed by atoms with Gasteiger partial charge in [-0.15, -0.1) is 0 Å². The number of hydrogen-bond acceptors (Lipinski definition) is 5. The van der Waals surface area contributed by atoms with Gasteiger partial charge >= 0.3 is 11.9 Å². The van der Waals surface area contributed by atoms with Gasteiger partial charge in [0.05, 0.1) is 13.7 Å². The molecule has 1 unspecified atom stereocenters. The Balaban J connectivity index is 4.31. The van der Waals surface area contributed by atoms with Gasteiger partial charge in [-0.1, -0.05) is 13.3 Å². The Kier molecular flexibility index (Phi) is 6.80. The van der Waals surface area contributed by atoms with Crippen molar-refractivity contribution in [3.8, 4) is 0 Å². The zero-order valence-electron chi connectivity index (χ0n) is 11.3. The summed E-state index contributed by atoms with van der Waals surface area (Å²) in [4.78, 5) is 22.8. The summed E-state index contributed by atoms with van der Waals surface area (Å²) in [6.45, 7) is 7.42. The van der Waals surface area contributed by atoms with E-state index < -0.39 is 17.6 Å². The van der Waals surface area contributed by atoms with Crippen molar-refractivity contribution in [3.05, 3.63) is 0 Å². The number of esters is 2. The first-order valence-corrected chi connectivity index (χ1v) is 5.83. The molecule has 0 amide bonds. The lowest BCUT2D eigenvalue weighted by Crippen LogP contribution is -2.43. The fourth-order valence-corrected chi connectivity index (χ4v) is 1.24. The summed E-state index contributed by atoms with van der Waals surface area (Å²) < 4.78 is 9.77. The van der Waals surface area contributed by atoms with E-state index in [1.165, 1.54) is 7.11 Å². The highest BCUT2D eigenvalue weighted by Crippen LogP contribution is 2.10. The lowest BCUT2D eigenvalue weighted by atomic mass is 10.1. The molecule has 0 heterocycles. The molecule has 100 valence electrons. The molecular formula is C12H23NO4. The van der Waals surface area contributed by atoms with E-state index in [1.54, 1.807) is 0 Å². The molecule has 0 aromatic rings. The van der Waals surface area contributed by atoms with Crippen LogP contribution in [0, 0.1) is 0 Å². The Hall–Kier alpha value is -1.10. The maximum Gasteiger partial charge on any atom is 0.323 e. The third-order valence-electron chi connectivity index (χ3n) is 1.99. The molecule has 1 atom stereocenters. The zero-order chi connectivity index (χ0) is 13.5. The van der Waals surface area contributed by atoms with Crippen molar-refractivity contribution in [1.29, 1.82) is 0 Å². The summed E-state index contributed by atoms with van der Waals surface area (Å²) in [5.74, 6) is -0.724. The van der Waals surface area contributed by atoms with E-state index in [4.69, 9.17) is 4.74 Å². The van der Waals surface area contributed by atoms with Crippen LogP contribution in [0.2, 0.25) is 0 Å². The van der Waals surface area contributed by atoms with Gasteiger partial charge in [0.1, 0.15) is 11.6 Å². The third kappa shape index (κ3) is 7.74. The Morgan fingerprint density at radius 2 is 1.88 bits per heavy atom. The second-order valence-electron chi connectivity index (χ2n) is 4.83. The normalized spacial score (nSPS) is 13.0. The number of rotatable bonds is 6. The molecule has 17 heavy (non-hydrogen) atoms. The number of carbonyl (C=O) groups is 2. The first-order chi connectivity index (χ1) is 7.80. The van der Waals surface area contributed by atoms with Crippen molar-refractivity contribution in [2.45, 2.75) is 52.2 Å². The minimum atomic E-state index is -0.518. The van der Waals surface area contributed by atoms with Crippen LogP contribution in [0.5, 0.6) is 0 Å². The van der Waals surface area contributed by atoms with Gasteiger partial charge in [0, 0.05) is 0 Å². The number of carbonyl (C=O) groups excluding carboxylic acids is 2. The summed E-state index contributed by atoms with van der Waals surface area (Å²) in [5.41, 5.74) is -0.518. The Labute approximate surface area is 103 Å². The lowest BCUT2D eigenvalue weighted by Gasteiger charge is -2.24. The van der Waals surface area contributed by atoms with Crippen LogP contribution < -0.4 is 5.32 Å². The topological polar surface area (TPSA) is 64.6 Å². The van der Waals surface area contributed by atoms with Crippen LogP contribution in [0.3, 0.4) is 0 Å². The molecule has 0 radical (unpaired) electrons. The van der Waals surface area contributed by atoms with Gasteiger partial charge < -0.3 is 9.47 Å². The van der Waals surface area contributed by atoms with E-state index in [1.807, 2.05) is 27.7 Å². The minimum absolute atomic E-state index is 0.0143. The average Bonchev–Trinajstić information content (AvgIpc) is 2.20. The molecule has 0 spiro atoms. The van der Waals surface area contributed by atoms with Crippen molar-refractivity contribution >= 4 is 11.9 Å². The minimum Gasteiger partial charge on any atom is -0.468 e. The van der Waals surface area contributed by atoms with Gasteiger partial charge in [-0.2, -0.15) is 0 Å². The molecule has 0 aliphatic rings. The largest absolute Gasteiger partial charge is 0.468 e. The van der Waals surface area contributed by atoms with E-state index in [0.717, 1.165) is 6.42 Å². The number of hydrogen-bond donors (Lipinski definition) is 1. The maximum absolute atomic E-state index is 11.8. The van der Waals surface area contributed by atoms with E-state index >= 15 is 0 Å². The predicted octanol–water partition coefficient (Wildman–Crippen LogP) is 1.26. The van der Waals surface area contributed by atoms with E-state index in [-0.39, 0.29) is 12.5 Å². The fourth-order valence-electron chi connectivity index (χ4n) is 1.24. The highest BCUT2D eigenvalue weighted by molar-refractivity contribution is 5.78. The molecule has 1 N–H and O–H groups in total. The molecule has 0 saturated carbocycles. The van der Waals surface area contributed by atoms with Crippen LogP contribution in [-0.4, -0.2) is 37.2 Å². The van der Waals surface area contributed by atoms with Crippen molar-refractivity contribution < 1.29 is 19.1 Å². The smallest absolute Gasteiger partial charge is 0.323 e. The van der Waals surface area contributed by atoms with E-state index in [2.05, 4.69) is 10.1 Å². The number of nitrogens with one attached hydrogen (secondary N) is 1. The standard InChI is InChI=1S/C12H23NO4/c1-6-7-9(13-8-10(14)16-5)11(15)17-12(2,3)4/h9,13H,6-8H2,1-5H3. The summed E-state index contributed by atoms with van der Waals surface area (Å²) in [5, 5.41) is 2.84. The van der Waals surface area contributed by atoms with Crippen LogP contribution in [0.1, 0.15) is 40.5 Å². The highest BCUT2D eigenvalue weighted by atomic mass is 16.6. The van der Waals surface area contributed by atoms with Gasteiger partial charge in [0.25, 0.3) is 0 Å². The predicted molar refractivity (Wildman–Crippen MR) is 64.6 cm³/mol. The highest BCUT2D eigenvalue weighted by Gasteiger charge is 2.24. The van der Waals surface area contributed by atoms with Crippen LogP contribution in [0.25, 0.3) is 0 Å². The summed E-state index contributed by atoms with van der Waals surface area (Å²) >= 11 is 0. The quantitative estimate of drug-likeness (QED) is 0.714. The molecular weight excluding hydrogens is 222 g/mol. The van der Waals surface area contributed by atoms with Gasteiger partial charge in [0.2, 0.25) is 0 Å². The van der Waals surface area contributed by atoms with Crippen molar-refractivity contribution in [2.75, 3.05) is 13.7 Å². The summed E-state index contributed by atoms with van der Waals surface area (Å²) in [6, 6.07) is -0.460. The van der Waals surface area contributed by atoms with Crippen LogP contribution in [0.4, 0.5) is 0 Å². The van der Waals surface area contributed by atoms with Gasteiger partial charge in [-0.05, 0) is 27.2 Å². The number of methoxy groups -OCH3 is 1. The Morgan fingerprint density at radius 1 is 1.29 bits per heavy atom. The molecule has 0 aromatic heterocycles. The first kappa shape index (κ1) is 15.9. The van der Waals surface area contributed by atoms with Crippen LogP contribution in [0.15, 0.2) is 0 Å².